The maximum Gasteiger partial charge on any atom is 0.140 e. The van der Waals surface area contributed by atoms with Gasteiger partial charge in [-0.25, -0.2) is 0 Å². The molecule has 0 bridgehead atoms. The first kappa shape index (κ1) is 12.8. The van der Waals surface area contributed by atoms with Gasteiger partial charge in [0.15, 0.2) is 0 Å². The summed E-state index contributed by atoms with van der Waals surface area (Å²) in [7, 11) is 0. The minimum absolute atomic E-state index is 0.294. The molecule has 1 aromatic heterocycles. The molecule has 3 N–H and O–H groups in total. The molecule has 1 aliphatic rings. The highest BCUT2D eigenvalue weighted by molar-refractivity contribution is 5.79. The van der Waals surface area contributed by atoms with Crippen molar-refractivity contribution in [1.82, 2.24) is 9.88 Å². The first-order valence-corrected chi connectivity index (χ1v) is 6.30. The van der Waals surface area contributed by atoms with E-state index in [0.29, 0.717) is 18.3 Å². The van der Waals surface area contributed by atoms with Crippen molar-refractivity contribution in [3.8, 4) is 0 Å². The Balaban J connectivity index is 1.94. The number of hydrogen-bond acceptors (Lipinski definition) is 4. The molecule has 0 saturated heterocycles. The van der Waals surface area contributed by atoms with Gasteiger partial charge in [-0.3, -0.25) is 9.88 Å². The second-order valence-corrected chi connectivity index (χ2v) is 4.91. The zero-order chi connectivity index (χ0) is 13.0. The Labute approximate surface area is 107 Å². The van der Waals surface area contributed by atoms with E-state index in [1.165, 1.54) is 24.0 Å². The monoisotopic (exact) mass is 248 g/mol. The molecule has 1 fully saturated rings. The molecular formula is C13H20N4O. The number of hydrogen-bond donors (Lipinski definition) is 2. The van der Waals surface area contributed by atoms with Crippen LogP contribution in [-0.2, 0) is 6.54 Å². The van der Waals surface area contributed by atoms with E-state index in [9.17, 15) is 0 Å². The lowest BCUT2D eigenvalue weighted by atomic mass is 10.2. The minimum atomic E-state index is 0.294. The van der Waals surface area contributed by atoms with Gasteiger partial charge in [0.2, 0.25) is 0 Å². The molecule has 18 heavy (non-hydrogen) atoms. The molecule has 0 radical (unpaired) electrons. The number of amidine groups is 1. The minimum Gasteiger partial charge on any atom is -0.409 e. The van der Waals surface area contributed by atoms with Crippen molar-refractivity contribution in [1.29, 1.82) is 0 Å². The van der Waals surface area contributed by atoms with Gasteiger partial charge in [0, 0.05) is 37.9 Å². The van der Waals surface area contributed by atoms with Gasteiger partial charge >= 0.3 is 0 Å². The summed E-state index contributed by atoms with van der Waals surface area (Å²) in [6.07, 6.45) is 6.87. The summed E-state index contributed by atoms with van der Waals surface area (Å²) in [5.74, 6) is 0.294. The van der Waals surface area contributed by atoms with Gasteiger partial charge in [-0.1, -0.05) is 11.2 Å². The molecule has 98 valence electrons. The molecule has 5 heteroatoms. The summed E-state index contributed by atoms with van der Waals surface area (Å²) in [6.45, 7) is 3.76. The van der Waals surface area contributed by atoms with Gasteiger partial charge < -0.3 is 10.9 Å². The standard InChI is InChI=1S/C13H20N4O/c1-10-6-11(8-15-7-10)9-17(12-2-3-12)5-4-13(14)16-18/h6-8,12,18H,2-5,9H2,1H3,(H2,14,16). The highest BCUT2D eigenvalue weighted by atomic mass is 16.4. The third kappa shape index (κ3) is 3.70. The summed E-state index contributed by atoms with van der Waals surface area (Å²) in [4.78, 5) is 6.60. The van der Waals surface area contributed by atoms with Gasteiger partial charge in [-0.05, 0) is 30.9 Å². The van der Waals surface area contributed by atoms with E-state index in [-0.39, 0.29) is 0 Å². The van der Waals surface area contributed by atoms with Crippen LogP contribution >= 0.6 is 0 Å². The zero-order valence-corrected chi connectivity index (χ0v) is 10.7. The highest BCUT2D eigenvalue weighted by Gasteiger charge is 2.28. The van der Waals surface area contributed by atoms with Crippen molar-refractivity contribution >= 4 is 5.84 Å². The predicted molar refractivity (Wildman–Crippen MR) is 70.4 cm³/mol. The molecule has 0 amide bonds. The smallest absolute Gasteiger partial charge is 0.140 e. The topological polar surface area (TPSA) is 74.7 Å². The fourth-order valence-corrected chi connectivity index (χ4v) is 2.08. The number of oxime groups is 1. The summed E-state index contributed by atoms with van der Waals surface area (Å²) >= 11 is 0. The largest absolute Gasteiger partial charge is 0.409 e. The summed E-state index contributed by atoms with van der Waals surface area (Å²) in [5, 5.41) is 11.6. The molecule has 5 nitrogen and oxygen atoms in total. The van der Waals surface area contributed by atoms with Crippen molar-refractivity contribution in [2.75, 3.05) is 6.54 Å². The van der Waals surface area contributed by atoms with Gasteiger partial charge in [0.05, 0.1) is 0 Å². The lowest BCUT2D eigenvalue weighted by molar-refractivity contribution is 0.259. The molecular weight excluding hydrogens is 228 g/mol. The van der Waals surface area contributed by atoms with Crippen molar-refractivity contribution < 1.29 is 5.21 Å². The van der Waals surface area contributed by atoms with Crippen LogP contribution in [-0.4, -0.2) is 33.5 Å². The maximum absolute atomic E-state index is 8.56. The van der Waals surface area contributed by atoms with Crippen LogP contribution in [0, 0.1) is 6.92 Å². The molecule has 1 aromatic rings. The van der Waals surface area contributed by atoms with E-state index >= 15 is 0 Å². The van der Waals surface area contributed by atoms with Crippen molar-refractivity contribution in [2.24, 2.45) is 10.9 Å². The second kappa shape index (κ2) is 5.82. The van der Waals surface area contributed by atoms with Crippen molar-refractivity contribution in [3.63, 3.8) is 0 Å². The predicted octanol–water partition coefficient (Wildman–Crippen LogP) is 1.49. The van der Waals surface area contributed by atoms with E-state index in [0.717, 1.165) is 13.1 Å². The van der Waals surface area contributed by atoms with Crippen LogP contribution < -0.4 is 5.73 Å². The molecule has 0 unspecified atom stereocenters. The van der Waals surface area contributed by atoms with Crippen LogP contribution in [0.2, 0.25) is 0 Å². The Kier molecular flexibility index (Phi) is 4.15. The van der Waals surface area contributed by atoms with E-state index in [4.69, 9.17) is 10.9 Å². The summed E-state index contributed by atoms with van der Waals surface area (Å²) < 4.78 is 0. The van der Waals surface area contributed by atoms with Gasteiger partial charge in [0.25, 0.3) is 0 Å². The first-order valence-electron chi connectivity index (χ1n) is 6.30. The molecule has 0 spiro atoms. The first-order chi connectivity index (χ1) is 8.69. The van der Waals surface area contributed by atoms with Crippen LogP contribution in [0.4, 0.5) is 0 Å². The number of aromatic nitrogens is 1. The molecule has 1 saturated carbocycles. The Morgan fingerprint density at radius 3 is 2.94 bits per heavy atom. The van der Waals surface area contributed by atoms with Gasteiger partial charge in [-0.2, -0.15) is 0 Å². The molecule has 0 aromatic carbocycles. The zero-order valence-electron chi connectivity index (χ0n) is 10.7. The second-order valence-electron chi connectivity index (χ2n) is 4.91. The normalized spacial score (nSPS) is 16.2. The Bertz CT molecular complexity index is 429. The van der Waals surface area contributed by atoms with E-state index in [1.54, 1.807) is 0 Å². The fraction of sp³-hybridized carbons (Fsp3) is 0.538. The van der Waals surface area contributed by atoms with Crippen LogP contribution in [0.25, 0.3) is 0 Å². The van der Waals surface area contributed by atoms with E-state index in [1.807, 2.05) is 19.3 Å². The maximum atomic E-state index is 8.56. The molecule has 1 aliphatic carbocycles. The number of nitrogens with zero attached hydrogens (tertiary/aromatic N) is 3. The van der Waals surface area contributed by atoms with Gasteiger partial charge in [-0.15, -0.1) is 0 Å². The highest BCUT2D eigenvalue weighted by Crippen LogP contribution is 2.28. The Morgan fingerprint density at radius 1 is 1.56 bits per heavy atom. The van der Waals surface area contributed by atoms with Crippen LogP contribution in [0.3, 0.4) is 0 Å². The third-order valence-corrected chi connectivity index (χ3v) is 3.16. The fourth-order valence-electron chi connectivity index (χ4n) is 2.08. The van der Waals surface area contributed by atoms with Crippen molar-refractivity contribution in [3.05, 3.63) is 29.6 Å². The van der Waals surface area contributed by atoms with Crippen LogP contribution in [0.1, 0.15) is 30.4 Å². The number of aryl methyl sites for hydroxylation is 1. The number of nitrogens with two attached hydrogens (primary N) is 1. The molecule has 0 atom stereocenters. The van der Waals surface area contributed by atoms with E-state index < -0.39 is 0 Å². The quantitative estimate of drug-likeness (QED) is 0.346. The Hall–Kier alpha value is -1.62. The molecule has 1 heterocycles. The average Bonchev–Trinajstić information content (AvgIpc) is 3.18. The average molecular weight is 248 g/mol. The summed E-state index contributed by atoms with van der Waals surface area (Å²) in [6, 6.07) is 2.81. The lowest BCUT2D eigenvalue weighted by Crippen LogP contribution is -2.30. The van der Waals surface area contributed by atoms with Crippen LogP contribution in [0.5, 0.6) is 0 Å². The molecule has 2 rings (SSSR count). The molecule has 0 aliphatic heterocycles. The van der Waals surface area contributed by atoms with E-state index in [2.05, 4.69) is 21.1 Å². The van der Waals surface area contributed by atoms with Gasteiger partial charge in [0.1, 0.15) is 5.84 Å². The van der Waals surface area contributed by atoms with Crippen molar-refractivity contribution in [2.45, 2.75) is 38.8 Å². The summed E-state index contributed by atoms with van der Waals surface area (Å²) in [5.41, 5.74) is 7.92. The number of pyridine rings is 1. The lowest BCUT2D eigenvalue weighted by Gasteiger charge is -2.21. The SMILES string of the molecule is Cc1cncc(CN(CC/C(N)=N/O)C2CC2)c1. The Morgan fingerprint density at radius 2 is 2.33 bits per heavy atom. The third-order valence-electron chi connectivity index (χ3n) is 3.16. The number of rotatable bonds is 6. The van der Waals surface area contributed by atoms with Crippen LogP contribution in [0.15, 0.2) is 23.6 Å².